The zero-order valence-corrected chi connectivity index (χ0v) is 14.3. The maximum Gasteiger partial charge on any atom is 0.308 e. The quantitative estimate of drug-likeness (QED) is 0.675. The third-order valence-corrected chi connectivity index (χ3v) is 3.52. The lowest BCUT2D eigenvalue weighted by molar-refractivity contribution is -0.131. The summed E-state index contributed by atoms with van der Waals surface area (Å²) in [5, 5.41) is 0.526. The molecule has 1 aromatic heterocycles. The van der Waals surface area contributed by atoms with Crippen LogP contribution in [-0.4, -0.2) is 30.2 Å². The highest BCUT2D eigenvalue weighted by atomic mass is 35.5. The van der Waals surface area contributed by atoms with Crippen LogP contribution in [0.2, 0.25) is 5.02 Å². The SMILES string of the molecule is COc1c(OC)c(OC(C)=O)c2c(N)nc(C(C)C)nc2c1Cl. The second-order valence-electron chi connectivity index (χ2n) is 5.15. The van der Waals surface area contributed by atoms with Gasteiger partial charge in [0.15, 0.2) is 11.5 Å². The number of methoxy groups -OCH3 is 2. The number of carbonyl (C=O) groups excluding carboxylic acids is 1. The third-order valence-electron chi connectivity index (χ3n) is 3.17. The Balaban J connectivity index is 2.98. The van der Waals surface area contributed by atoms with Crippen molar-refractivity contribution in [3.63, 3.8) is 0 Å². The minimum absolute atomic E-state index is 0.0445. The standard InChI is InChI=1S/C15H18ClN3O4/c1-6(2)15-18-10-8(14(17)19-15)11(23-7(3)20)13(22-5)12(21-4)9(10)16/h6H,1-5H3,(H2,17,18,19). The molecule has 0 saturated heterocycles. The molecule has 7 nitrogen and oxygen atoms in total. The number of esters is 1. The molecule has 8 heteroatoms. The van der Waals surface area contributed by atoms with Gasteiger partial charge in [0, 0.05) is 12.8 Å². The Hall–Kier alpha value is -2.28. The van der Waals surface area contributed by atoms with Gasteiger partial charge in [-0.15, -0.1) is 0 Å². The van der Waals surface area contributed by atoms with Crippen LogP contribution < -0.4 is 19.9 Å². The fraction of sp³-hybridized carbons (Fsp3) is 0.400. The summed E-state index contributed by atoms with van der Waals surface area (Å²) in [4.78, 5) is 20.2. The normalized spacial score (nSPS) is 10.9. The number of nitrogens with zero attached hydrogens (tertiary/aromatic N) is 2. The maximum atomic E-state index is 11.5. The molecule has 0 spiro atoms. The van der Waals surface area contributed by atoms with E-state index in [2.05, 4.69) is 9.97 Å². The van der Waals surface area contributed by atoms with E-state index in [-0.39, 0.29) is 34.0 Å². The predicted molar refractivity (Wildman–Crippen MR) is 87.5 cm³/mol. The van der Waals surface area contributed by atoms with Crippen molar-refractivity contribution in [1.82, 2.24) is 9.97 Å². The van der Waals surface area contributed by atoms with Crippen LogP contribution in [-0.2, 0) is 4.79 Å². The summed E-state index contributed by atoms with van der Waals surface area (Å²) < 4.78 is 15.8. The van der Waals surface area contributed by atoms with Gasteiger partial charge in [-0.1, -0.05) is 25.4 Å². The van der Waals surface area contributed by atoms with Crippen molar-refractivity contribution in [3.8, 4) is 17.2 Å². The van der Waals surface area contributed by atoms with Crippen LogP contribution in [0.1, 0.15) is 32.5 Å². The molecule has 0 aliphatic rings. The second-order valence-corrected chi connectivity index (χ2v) is 5.53. The molecule has 0 bridgehead atoms. The first-order chi connectivity index (χ1) is 10.8. The first-order valence-corrected chi connectivity index (χ1v) is 7.28. The van der Waals surface area contributed by atoms with Crippen LogP contribution in [0.3, 0.4) is 0 Å². The molecule has 2 N–H and O–H groups in total. The lowest BCUT2D eigenvalue weighted by Gasteiger charge is -2.18. The molecule has 0 aliphatic carbocycles. The van der Waals surface area contributed by atoms with E-state index >= 15 is 0 Å². The average molecular weight is 340 g/mol. The summed E-state index contributed by atoms with van der Waals surface area (Å²) in [6.07, 6.45) is 0. The van der Waals surface area contributed by atoms with E-state index in [1.165, 1.54) is 21.1 Å². The van der Waals surface area contributed by atoms with Gasteiger partial charge in [0.25, 0.3) is 0 Å². The molecule has 2 aromatic rings. The van der Waals surface area contributed by atoms with Gasteiger partial charge in [-0.3, -0.25) is 4.79 Å². The Morgan fingerprint density at radius 1 is 1.13 bits per heavy atom. The van der Waals surface area contributed by atoms with Gasteiger partial charge in [-0.05, 0) is 0 Å². The van der Waals surface area contributed by atoms with Gasteiger partial charge < -0.3 is 19.9 Å². The zero-order chi connectivity index (χ0) is 17.3. The van der Waals surface area contributed by atoms with Crippen molar-refractivity contribution in [2.24, 2.45) is 0 Å². The Morgan fingerprint density at radius 3 is 2.22 bits per heavy atom. The smallest absolute Gasteiger partial charge is 0.308 e. The van der Waals surface area contributed by atoms with Crippen LogP contribution in [0.4, 0.5) is 5.82 Å². The molecule has 0 radical (unpaired) electrons. The molecule has 0 aliphatic heterocycles. The second kappa shape index (κ2) is 6.45. The summed E-state index contributed by atoms with van der Waals surface area (Å²) in [5.74, 6) is 0.641. The largest absolute Gasteiger partial charge is 0.491 e. The Bertz CT molecular complexity index is 777. The Morgan fingerprint density at radius 2 is 1.74 bits per heavy atom. The topological polar surface area (TPSA) is 96.6 Å². The minimum Gasteiger partial charge on any atom is -0.491 e. The summed E-state index contributed by atoms with van der Waals surface area (Å²) in [7, 11) is 2.84. The van der Waals surface area contributed by atoms with E-state index in [0.717, 1.165) is 0 Å². The number of nitrogen functional groups attached to an aromatic ring is 1. The van der Waals surface area contributed by atoms with Crippen LogP contribution in [0, 0.1) is 0 Å². The number of fused-ring (bicyclic) bond motifs is 1. The average Bonchev–Trinajstić information content (AvgIpc) is 2.48. The number of aromatic nitrogens is 2. The zero-order valence-electron chi connectivity index (χ0n) is 13.6. The number of hydrogen-bond donors (Lipinski definition) is 1. The molecular formula is C15H18ClN3O4. The number of anilines is 1. The van der Waals surface area contributed by atoms with E-state index in [1.54, 1.807) is 0 Å². The molecule has 1 aromatic carbocycles. The van der Waals surface area contributed by atoms with Crippen molar-refractivity contribution in [1.29, 1.82) is 0 Å². The highest BCUT2D eigenvalue weighted by Crippen LogP contribution is 2.50. The number of rotatable bonds is 4. The fourth-order valence-electron chi connectivity index (χ4n) is 2.17. The number of ether oxygens (including phenoxy) is 3. The molecule has 124 valence electrons. The van der Waals surface area contributed by atoms with E-state index in [0.29, 0.717) is 16.7 Å². The van der Waals surface area contributed by atoms with Crippen molar-refractivity contribution in [2.75, 3.05) is 20.0 Å². The summed E-state index contributed by atoms with van der Waals surface area (Å²) in [6, 6.07) is 0. The van der Waals surface area contributed by atoms with Crippen LogP contribution >= 0.6 is 11.6 Å². The van der Waals surface area contributed by atoms with Crippen molar-refractivity contribution >= 4 is 34.3 Å². The van der Waals surface area contributed by atoms with Crippen molar-refractivity contribution in [3.05, 3.63) is 10.8 Å². The van der Waals surface area contributed by atoms with Gasteiger partial charge in [-0.2, -0.15) is 0 Å². The highest BCUT2D eigenvalue weighted by Gasteiger charge is 2.26. The summed E-state index contributed by atoms with van der Waals surface area (Å²) in [5.41, 5.74) is 6.40. The Labute approximate surface area is 138 Å². The number of carbonyl (C=O) groups is 1. The third kappa shape index (κ3) is 2.96. The van der Waals surface area contributed by atoms with E-state index in [9.17, 15) is 4.79 Å². The van der Waals surface area contributed by atoms with Crippen LogP contribution in [0.5, 0.6) is 17.2 Å². The van der Waals surface area contributed by atoms with Crippen LogP contribution in [0.15, 0.2) is 0 Å². The molecule has 0 unspecified atom stereocenters. The van der Waals surface area contributed by atoms with Gasteiger partial charge in [0.05, 0.1) is 19.6 Å². The van der Waals surface area contributed by atoms with E-state index < -0.39 is 5.97 Å². The van der Waals surface area contributed by atoms with Gasteiger partial charge in [0.2, 0.25) is 5.75 Å². The lowest BCUT2D eigenvalue weighted by atomic mass is 10.1. The summed E-state index contributed by atoms with van der Waals surface area (Å²) >= 11 is 6.39. The number of nitrogens with two attached hydrogens (primary N) is 1. The molecule has 0 atom stereocenters. The number of hydrogen-bond acceptors (Lipinski definition) is 7. The molecule has 23 heavy (non-hydrogen) atoms. The molecule has 0 amide bonds. The van der Waals surface area contributed by atoms with Gasteiger partial charge in [0.1, 0.15) is 22.2 Å². The van der Waals surface area contributed by atoms with E-state index in [4.69, 9.17) is 31.5 Å². The van der Waals surface area contributed by atoms with E-state index in [1.807, 2.05) is 13.8 Å². The molecule has 2 rings (SSSR count). The van der Waals surface area contributed by atoms with Gasteiger partial charge in [-0.25, -0.2) is 9.97 Å². The minimum atomic E-state index is -0.540. The number of halogens is 1. The molecule has 0 saturated carbocycles. The molecule has 0 fully saturated rings. The highest BCUT2D eigenvalue weighted by molar-refractivity contribution is 6.37. The van der Waals surface area contributed by atoms with Gasteiger partial charge >= 0.3 is 5.97 Å². The Kier molecular flexibility index (Phi) is 4.79. The van der Waals surface area contributed by atoms with Crippen molar-refractivity contribution < 1.29 is 19.0 Å². The fourth-order valence-corrected chi connectivity index (χ4v) is 2.47. The maximum absolute atomic E-state index is 11.5. The molecule has 1 heterocycles. The monoisotopic (exact) mass is 339 g/mol. The molecular weight excluding hydrogens is 322 g/mol. The first kappa shape index (κ1) is 17.1. The van der Waals surface area contributed by atoms with Crippen molar-refractivity contribution in [2.45, 2.75) is 26.7 Å². The predicted octanol–water partition coefficient (Wildman–Crippen LogP) is 2.93. The number of benzene rings is 1. The summed E-state index contributed by atoms with van der Waals surface area (Å²) in [6.45, 7) is 5.14. The van der Waals surface area contributed by atoms with Crippen LogP contribution in [0.25, 0.3) is 10.9 Å². The lowest BCUT2D eigenvalue weighted by Crippen LogP contribution is -2.09. The first-order valence-electron chi connectivity index (χ1n) is 6.90.